The summed E-state index contributed by atoms with van der Waals surface area (Å²) >= 11 is 0. The topological polar surface area (TPSA) is 78.9 Å². The van der Waals surface area contributed by atoms with Crippen LogP contribution < -0.4 is 9.47 Å². The number of methoxy groups -OCH3 is 1. The highest BCUT2D eigenvalue weighted by Gasteiger charge is 2.31. The highest BCUT2D eigenvalue weighted by Crippen LogP contribution is 2.33. The Balaban J connectivity index is 2.38. The van der Waals surface area contributed by atoms with Crippen molar-refractivity contribution in [3.8, 4) is 11.5 Å². The summed E-state index contributed by atoms with van der Waals surface area (Å²) in [5.74, 6) is 0.0879. The lowest BCUT2D eigenvalue weighted by Gasteiger charge is -2.13. The highest BCUT2D eigenvalue weighted by molar-refractivity contribution is 7.92. The molecule has 1 aliphatic heterocycles. The maximum Gasteiger partial charge on any atom is 0.324 e. The van der Waals surface area contributed by atoms with Gasteiger partial charge in [-0.15, -0.1) is 0 Å². The van der Waals surface area contributed by atoms with Gasteiger partial charge in [0.25, 0.3) is 0 Å². The van der Waals surface area contributed by atoms with E-state index in [1.54, 1.807) is 0 Å². The Morgan fingerprint density at radius 1 is 1.25 bits per heavy atom. The second-order valence-corrected chi connectivity index (χ2v) is 6.64. The Hall–Kier alpha value is -1.76. The molecule has 0 bridgehead atoms. The number of carbonyl (C=O) groups is 1. The smallest absolute Gasteiger partial charge is 0.324 e. The van der Waals surface area contributed by atoms with Gasteiger partial charge < -0.3 is 14.2 Å². The van der Waals surface area contributed by atoms with Crippen LogP contribution in [0.1, 0.15) is 13.3 Å². The van der Waals surface area contributed by atoms with E-state index in [-0.39, 0.29) is 4.90 Å². The molecule has 1 aromatic rings. The normalized spacial score (nSPS) is 16.1. The van der Waals surface area contributed by atoms with Crippen LogP contribution in [-0.2, 0) is 19.4 Å². The van der Waals surface area contributed by atoms with Crippen molar-refractivity contribution in [1.82, 2.24) is 0 Å². The van der Waals surface area contributed by atoms with Crippen molar-refractivity contribution >= 4 is 15.8 Å². The zero-order valence-electron chi connectivity index (χ0n) is 11.3. The average Bonchev–Trinajstić information content (AvgIpc) is 2.69. The van der Waals surface area contributed by atoms with Crippen LogP contribution in [0.25, 0.3) is 0 Å². The Kier molecular flexibility index (Phi) is 4.17. The molecular formula is C13H16O6S. The Labute approximate surface area is 117 Å². The number of hydrogen-bond donors (Lipinski definition) is 0. The van der Waals surface area contributed by atoms with Crippen molar-refractivity contribution < 1.29 is 27.4 Å². The summed E-state index contributed by atoms with van der Waals surface area (Å²) in [5.41, 5.74) is 0. The van der Waals surface area contributed by atoms with Gasteiger partial charge >= 0.3 is 5.97 Å². The van der Waals surface area contributed by atoms with E-state index < -0.39 is 21.1 Å². The van der Waals surface area contributed by atoms with Gasteiger partial charge in [0.15, 0.2) is 26.6 Å². The molecule has 0 aliphatic carbocycles. The van der Waals surface area contributed by atoms with Crippen molar-refractivity contribution in [3.05, 3.63) is 18.2 Å². The number of rotatable bonds is 3. The summed E-state index contributed by atoms with van der Waals surface area (Å²) in [6.07, 6.45) is 0.731. The molecule has 1 aliphatic rings. The minimum atomic E-state index is -3.81. The maximum atomic E-state index is 12.3. The number of esters is 1. The zero-order chi connectivity index (χ0) is 14.8. The van der Waals surface area contributed by atoms with E-state index in [1.807, 2.05) is 0 Å². The van der Waals surface area contributed by atoms with Gasteiger partial charge in [0.05, 0.1) is 25.2 Å². The van der Waals surface area contributed by atoms with E-state index in [1.165, 1.54) is 25.1 Å². The van der Waals surface area contributed by atoms with Crippen LogP contribution >= 0.6 is 0 Å². The number of benzene rings is 1. The second-order valence-electron chi connectivity index (χ2n) is 4.37. The highest BCUT2D eigenvalue weighted by atomic mass is 32.2. The van der Waals surface area contributed by atoms with E-state index in [4.69, 9.17) is 9.47 Å². The molecule has 7 heteroatoms. The summed E-state index contributed by atoms with van der Waals surface area (Å²) in [6, 6.07) is 4.33. The van der Waals surface area contributed by atoms with Gasteiger partial charge in [-0.05, 0) is 19.1 Å². The van der Waals surface area contributed by atoms with E-state index in [2.05, 4.69) is 4.74 Å². The largest absolute Gasteiger partial charge is 0.490 e. The van der Waals surface area contributed by atoms with E-state index >= 15 is 0 Å². The summed E-state index contributed by atoms with van der Waals surface area (Å²) < 4.78 is 40.0. The molecule has 2 rings (SSSR count). The van der Waals surface area contributed by atoms with Crippen molar-refractivity contribution in [2.24, 2.45) is 0 Å². The van der Waals surface area contributed by atoms with Gasteiger partial charge in [-0.1, -0.05) is 0 Å². The molecule has 1 heterocycles. The maximum absolute atomic E-state index is 12.3. The summed E-state index contributed by atoms with van der Waals surface area (Å²) in [5, 5.41) is -1.27. The quantitative estimate of drug-likeness (QED) is 0.780. The van der Waals surface area contributed by atoms with E-state index in [0.717, 1.165) is 13.5 Å². The first kappa shape index (κ1) is 14.6. The molecule has 1 aromatic carbocycles. The Bertz CT molecular complexity index is 607. The molecule has 20 heavy (non-hydrogen) atoms. The molecule has 0 saturated carbocycles. The number of carbonyl (C=O) groups excluding carboxylic acids is 1. The van der Waals surface area contributed by atoms with Crippen molar-refractivity contribution in [2.45, 2.75) is 23.5 Å². The molecule has 6 nitrogen and oxygen atoms in total. The summed E-state index contributed by atoms with van der Waals surface area (Å²) in [7, 11) is -2.65. The number of ether oxygens (including phenoxy) is 3. The van der Waals surface area contributed by atoms with Crippen LogP contribution in [0.2, 0.25) is 0 Å². The van der Waals surface area contributed by atoms with Crippen molar-refractivity contribution in [1.29, 1.82) is 0 Å². The van der Waals surface area contributed by atoms with Gasteiger partial charge in [0.1, 0.15) is 0 Å². The predicted molar refractivity (Wildman–Crippen MR) is 70.7 cm³/mol. The fraction of sp³-hybridized carbons (Fsp3) is 0.462. The molecule has 0 radical (unpaired) electrons. The standard InChI is InChI=1S/C13H16O6S/c1-9(13(14)17-2)20(15,16)10-4-5-11-12(8-10)19-7-3-6-18-11/h4-5,8-9H,3,6-7H2,1-2H3. The SMILES string of the molecule is COC(=O)C(C)S(=O)(=O)c1ccc2c(c1)OCCCO2. The Morgan fingerprint density at radius 3 is 2.55 bits per heavy atom. The third-order valence-corrected chi connectivity index (χ3v) is 5.08. The first-order valence-corrected chi connectivity index (χ1v) is 7.73. The van der Waals surface area contributed by atoms with Crippen molar-refractivity contribution in [3.63, 3.8) is 0 Å². The molecule has 0 N–H and O–H groups in total. The predicted octanol–water partition coefficient (Wildman–Crippen LogP) is 1.18. The molecule has 110 valence electrons. The summed E-state index contributed by atoms with van der Waals surface area (Å²) in [6.45, 7) is 2.28. The molecular weight excluding hydrogens is 284 g/mol. The minimum absolute atomic E-state index is 0.0136. The van der Waals surface area contributed by atoms with E-state index in [9.17, 15) is 13.2 Å². The van der Waals surface area contributed by atoms with Crippen molar-refractivity contribution in [2.75, 3.05) is 20.3 Å². The van der Waals surface area contributed by atoms with Gasteiger partial charge in [-0.3, -0.25) is 4.79 Å². The van der Waals surface area contributed by atoms with Gasteiger partial charge in [-0.2, -0.15) is 0 Å². The fourth-order valence-corrected chi connectivity index (χ4v) is 3.10. The van der Waals surface area contributed by atoms with Gasteiger partial charge in [0.2, 0.25) is 0 Å². The number of sulfone groups is 1. The zero-order valence-corrected chi connectivity index (χ0v) is 12.1. The molecule has 0 saturated heterocycles. The molecule has 1 atom stereocenters. The number of hydrogen-bond acceptors (Lipinski definition) is 6. The lowest BCUT2D eigenvalue weighted by Crippen LogP contribution is -2.28. The Morgan fingerprint density at radius 2 is 1.90 bits per heavy atom. The first-order valence-electron chi connectivity index (χ1n) is 6.18. The van der Waals surface area contributed by atoms with Crippen LogP contribution in [-0.4, -0.2) is 40.0 Å². The molecule has 0 fully saturated rings. The van der Waals surface area contributed by atoms with Crippen LogP contribution in [0.4, 0.5) is 0 Å². The van der Waals surface area contributed by atoms with Crippen LogP contribution in [0.15, 0.2) is 23.1 Å². The van der Waals surface area contributed by atoms with E-state index in [0.29, 0.717) is 24.7 Å². The molecule has 0 aromatic heterocycles. The van der Waals surface area contributed by atoms with Gasteiger partial charge in [-0.25, -0.2) is 8.42 Å². The molecule has 1 unspecified atom stereocenters. The van der Waals surface area contributed by atoms with Crippen LogP contribution in [0.5, 0.6) is 11.5 Å². The lowest BCUT2D eigenvalue weighted by atomic mass is 10.3. The molecule has 0 amide bonds. The first-order chi connectivity index (χ1) is 9.46. The third kappa shape index (κ3) is 2.72. The van der Waals surface area contributed by atoms with Crippen LogP contribution in [0.3, 0.4) is 0 Å². The van der Waals surface area contributed by atoms with Gasteiger partial charge in [0, 0.05) is 12.5 Å². The second kappa shape index (κ2) is 5.70. The summed E-state index contributed by atoms with van der Waals surface area (Å²) in [4.78, 5) is 11.4. The number of fused-ring (bicyclic) bond motifs is 1. The van der Waals surface area contributed by atoms with Crippen LogP contribution in [0, 0.1) is 0 Å². The average molecular weight is 300 g/mol. The molecule has 0 spiro atoms. The monoisotopic (exact) mass is 300 g/mol. The third-order valence-electron chi connectivity index (χ3n) is 3.05. The lowest BCUT2D eigenvalue weighted by molar-refractivity contribution is -0.139. The fourth-order valence-electron chi connectivity index (χ4n) is 1.82. The minimum Gasteiger partial charge on any atom is -0.490 e.